The first-order valence-electron chi connectivity index (χ1n) is 7.35. The molecule has 0 unspecified atom stereocenters. The second-order valence-electron chi connectivity index (χ2n) is 5.11. The third-order valence-corrected chi connectivity index (χ3v) is 4.17. The van der Waals surface area contributed by atoms with E-state index >= 15 is 0 Å². The topological polar surface area (TPSA) is 116 Å². The van der Waals surface area contributed by atoms with Crippen molar-refractivity contribution in [2.45, 2.75) is 5.16 Å². The fourth-order valence-corrected chi connectivity index (χ4v) is 2.79. The lowest BCUT2D eigenvalue weighted by Crippen LogP contribution is -2.15. The molecular formula is C15H10F2N6O3S. The molecule has 0 spiro atoms. The zero-order chi connectivity index (χ0) is 19.4. The fraction of sp³-hybridized carbons (Fsp3) is 0.0667. The van der Waals surface area contributed by atoms with Gasteiger partial charge in [0.1, 0.15) is 5.82 Å². The fourth-order valence-electron chi connectivity index (χ4n) is 2.10. The van der Waals surface area contributed by atoms with Crippen molar-refractivity contribution in [1.82, 2.24) is 20.2 Å². The normalized spacial score (nSPS) is 10.6. The molecule has 0 radical (unpaired) electrons. The number of benzene rings is 2. The van der Waals surface area contributed by atoms with E-state index < -0.39 is 28.2 Å². The summed E-state index contributed by atoms with van der Waals surface area (Å²) in [5.74, 6) is -2.09. The van der Waals surface area contributed by atoms with Crippen molar-refractivity contribution >= 4 is 29.0 Å². The van der Waals surface area contributed by atoms with Crippen molar-refractivity contribution in [3.63, 3.8) is 0 Å². The molecule has 0 saturated carbocycles. The zero-order valence-corrected chi connectivity index (χ0v) is 14.2. The van der Waals surface area contributed by atoms with E-state index in [2.05, 4.69) is 20.8 Å². The molecule has 1 amide bonds. The van der Waals surface area contributed by atoms with Crippen LogP contribution in [0.5, 0.6) is 0 Å². The molecule has 12 heteroatoms. The summed E-state index contributed by atoms with van der Waals surface area (Å²) in [5, 5.41) is 24.4. The lowest BCUT2D eigenvalue weighted by molar-refractivity contribution is -0.387. The molecule has 0 saturated heterocycles. The average Bonchev–Trinajstić information content (AvgIpc) is 3.10. The first kappa shape index (κ1) is 18.4. The van der Waals surface area contributed by atoms with Gasteiger partial charge in [0.05, 0.1) is 16.4 Å². The summed E-state index contributed by atoms with van der Waals surface area (Å²) in [7, 11) is 0. The zero-order valence-electron chi connectivity index (χ0n) is 13.4. The maximum atomic E-state index is 13.3. The quantitative estimate of drug-likeness (QED) is 0.389. The number of tetrazole rings is 1. The van der Waals surface area contributed by atoms with Crippen molar-refractivity contribution in [3.8, 4) is 5.69 Å². The van der Waals surface area contributed by atoms with Gasteiger partial charge in [0.25, 0.3) is 0 Å². The molecule has 0 atom stereocenters. The SMILES string of the molecule is O=C(CSc1nnnn1-c1cccc(F)c1)Nc1ccc(F)c([N+](=O)[O-])c1. The number of thioether (sulfide) groups is 1. The van der Waals surface area contributed by atoms with E-state index in [1.54, 1.807) is 6.07 Å². The predicted octanol–water partition coefficient (Wildman–Crippen LogP) is 2.58. The van der Waals surface area contributed by atoms with Crippen LogP contribution >= 0.6 is 11.8 Å². The standard InChI is InChI=1S/C15H10F2N6O3S/c16-9-2-1-3-11(6-9)22-15(19-20-21-22)27-8-14(24)18-10-4-5-12(17)13(7-10)23(25)26/h1-7H,8H2,(H,18,24). The smallest absolute Gasteiger partial charge is 0.306 e. The van der Waals surface area contributed by atoms with Crippen molar-refractivity contribution in [2.24, 2.45) is 0 Å². The van der Waals surface area contributed by atoms with Crippen LogP contribution < -0.4 is 5.32 Å². The highest BCUT2D eigenvalue weighted by molar-refractivity contribution is 7.99. The summed E-state index contributed by atoms with van der Waals surface area (Å²) in [6.45, 7) is 0. The number of nitro benzene ring substituents is 1. The number of hydrogen-bond acceptors (Lipinski definition) is 7. The lowest BCUT2D eigenvalue weighted by Gasteiger charge is -2.06. The molecule has 2 aromatic carbocycles. The lowest BCUT2D eigenvalue weighted by atomic mass is 10.2. The van der Waals surface area contributed by atoms with Crippen LogP contribution in [0.15, 0.2) is 47.6 Å². The van der Waals surface area contributed by atoms with E-state index in [4.69, 9.17) is 0 Å². The predicted molar refractivity (Wildman–Crippen MR) is 91.5 cm³/mol. The number of carbonyl (C=O) groups is 1. The van der Waals surface area contributed by atoms with Crippen LogP contribution in [-0.2, 0) is 4.79 Å². The van der Waals surface area contributed by atoms with Crippen LogP contribution in [0.4, 0.5) is 20.2 Å². The minimum atomic E-state index is -0.998. The monoisotopic (exact) mass is 392 g/mol. The summed E-state index contributed by atoms with van der Waals surface area (Å²) in [6.07, 6.45) is 0. The van der Waals surface area contributed by atoms with E-state index in [0.717, 1.165) is 23.9 Å². The van der Waals surface area contributed by atoms with Gasteiger partial charge in [-0.3, -0.25) is 14.9 Å². The number of amides is 1. The number of nitrogens with one attached hydrogen (secondary N) is 1. The summed E-state index contributed by atoms with van der Waals surface area (Å²) < 4.78 is 27.9. The molecule has 138 valence electrons. The minimum absolute atomic E-state index is 0.0819. The molecule has 0 aliphatic carbocycles. The van der Waals surface area contributed by atoms with Crippen molar-refractivity contribution in [3.05, 3.63) is 64.2 Å². The number of nitro groups is 1. The molecule has 9 nitrogen and oxygen atoms in total. The van der Waals surface area contributed by atoms with Crippen molar-refractivity contribution < 1.29 is 18.5 Å². The van der Waals surface area contributed by atoms with Crippen LogP contribution in [0.3, 0.4) is 0 Å². The summed E-state index contributed by atoms with van der Waals surface area (Å²) in [5.41, 5.74) is -0.272. The number of hydrogen-bond donors (Lipinski definition) is 1. The number of halogens is 2. The molecule has 0 aliphatic heterocycles. The van der Waals surface area contributed by atoms with Gasteiger partial charge in [-0.25, -0.2) is 4.39 Å². The molecule has 3 rings (SSSR count). The molecular weight excluding hydrogens is 382 g/mol. The Morgan fingerprint density at radius 3 is 2.81 bits per heavy atom. The van der Waals surface area contributed by atoms with E-state index in [9.17, 15) is 23.7 Å². The van der Waals surface area contributed by atoms with Crippen LogP contribution in [0.1, 0.15) is 0 Å². The Morgan fingerprint density at radius 1 is 1.26 bits per heavy atom. The summed E-state index contributed by atoms with van der Waals surface area (Å²) >= 11 is 0.980. The van der Waals surface area contributed by atoms with E-state index in [0.29, 0.717) is 5.69 Å². The Balaban J connectivity index is 1.66. The number of nitrogens with zero attached hydrogens (tertiary/aromatic N) is 5. The van der Waals surface area contributed by atoms with E-state index in [1.807, 2.05) is 0 Å². The maximum absolute atomic E-state index is 13.3. The van der Waals surface area contributed by atoms with Crippen LogP contribution in [0, 0.1) is 21.7 Å². The number of anilines is 1. The van der Waals surface area contributed by atoms with Gasteiger partial charge in [-0.05, 0) is 40.8 Å². The third kappa shape index (κ3) is 4.41. The van der Waals surface area contributed by atoms with Crippen molar-refractivity contribution in [2.75, 3.05) is 11.1 Å². The summed E-state index contributed by atoms with van der Waals surface area (Å²) in [4.78, 5) is 21.9. The van der Waals surface area contributed by atoms with Crippen LogP contribution in [-0.4, -0.2) is 36.8 Å². The Kier molecular flexibility index (Phi) is 5.35. The van der Waals surface area contributed by atoms with Gasteiger partial charge >= 0.3 is 5.69 Å². The van der Waals surface area contributed by atoms with Gasteiger partial charge in [0.2, 0.25) is 16.9 Å². The number of rotatable bonds is 6. The molecule has 1 N–H and O–H groups in total. The highest BCUT2D eigenvalue weighted by Gasteiger charge is 2.16. The van der Waals surface area contributed by atoms with Gasteiger partial charge in [-0.2, -0.15) is 9.07 Å². The Hall–Kier alpha value is -3.41. The van der Waals surface area contributed by atoms with Crippen LogP contribution in [0.2, 0.25) is 0 Å². The average molecular weight is 392 g/mol. The highest BCUT2D eigenvalue weighted by atomic mass is 32.2. The second kappa shape index (κ2) is 7.86. The van der Waals surface area contributed by atoms with Gasteiger partial charge < -0.3 is 5.32 Å². The first-order chi connectivity index (χ1) is 12.9. The summed E-state index contributed by atoms with van der Waals surface area (Å²) in [6, 6.07) is 8.63. The first-order valence-corrected chi connectivity index (χ1v) is 8.33. The molecule has 27 heavy (non-hydrogen) atoms. The van der Waals surface area contributed by atoms with Gasteiger partial charge in [0.15, 0.2) is 0 Å². The van der Waals surface area contributed by atoms with Gasteiger partial charge in [0, 0.05) is 11.8 Å². The van der Waals surface area contributed by atoms with Gasteiger partial charge in [-0.1, -0.05) is 17.8 Å². The van der Waals surface area contributed by atoms with Gasteiger partial charge in [-0.15, -0.1) is 5.10 Å². The van der Waals surface area contributed by atoms with Crippen LogP contribution in [0.25, 0.3) is 5.69 Å². The Bertz CT molecular complexity index is 1010. The Labute approximate surface area is 154 Å². The molecule has 0 aliphatic rings. The molecule has 1 aromatic heterocycles. The molecule has 1 heterocycles. The van der Waals surface area contributed by atoms with E-state index in [1.165, 1.54) is 28.9 Å². The molecule has 0 fully saturated rings. The Morgan fingerprint density at radius 2 is 2.07 bits per heavy atom. The van der Waals surface area contributed by atoms with E-state index in [-0.39, 0.29) is 16.6 Å². The molecule has 0 bridgehead atoms. The largest absolute Gasteiger partial charge is 0.325 e. The third-order valence-electron chi connectivity index (χ3n) is 3.25. The number of aromatic nitrogens is 4. The van der Waals surface area contributed by atoms with Crippen molar-refractivity contribution in [1.29, 1.82) is 0 Å². The second-order valence-corrected chi connectivity index (χ2v) is 6.06. The highest BCUT2D eigenvalue weighted by Crippen LogP contribution is 2.23. The minimum Gasteiger partial charge on any atom is -0.325 e. The number of carbonyl (C=O) groups excluding carboxylic acids is 1. The maximum Gasteiger partial charge on any atom is 0.306 e. The molecule has 3 aromatic rings.